The third-order valence-corrected chi connectivity index (χ3v) is 4.56. The van der Waals surface area contributed by atoms with E-state index in [1.807, 2.05) is 24.3 Å². The van der Waals surface area contributed by atoms with Crippen molar-refractivity contribution in [1.82, 2.24) is 4.90 Å². The largest absolute Gasteiger partial charge is 0.341 e. The average Bonchev–Trinajstić information content (AvgIpc) is 3.30. The maximum absolute atomic E-state index is 13.7. The van der Waals surface area contributed by atoms with Crippen molar-refractivity contribution < 1.29 is 13.6 Å². The Bertz CT molecular complexity index is 750. The highest BCUT2D eigenvalue weighted by Crippen LogP contribution is 2.50. The summed E-state index contributed by atoms with van der Waals surface area (Å²) in [6, 6.07) is 10.9. The number of benzene rings is 2. The Balaban J connectivity index is 1.66. The summed E-state index contributed by atoms with van der Waals surface area (Å²) in [7, 11) is 1.63. The molecule has 0 aromatic heterocycles. The normalized spacial score (nSPS) is 19.5. The lowest BCUT2D eigenvalue weighted by molar-refractivity contribution is -0.131. The Morgan fingerprint density at radius 1 is 1.26 bits per heavy atom. The molecule has 5 heteroatoms. The summed E-state index contributed by atoms with van der Waals surface area (Å²) in [5, 5.41) is 0.667. The average molecular weight is 336 g/mol. The Hall–Kier alpha value is -1.94. The van der Waals surface area contributed by atoms with Crippen LogP contribution in [0.2, 0.25) is 5.02 Å². The molecular formula is C18H16ClF2NO. The van der Waals surface area contributed by atoms with E-state index >= 15 is 0 Å². The van der Waals surface area contributed by atoms with Crippen LogP contribution in [0, 0.1) is 17.6 Å². The zero-order valence-electron chi connectivity index (χ0n) is 12.6. The number of halogens is 3. The Morgan fingerprint density at radius 3 is 2.70 bits per heavy atom. The van der Waals surface area contributed by atoms with Crippen LogP contribution in [-0.2, 0) is 11.3 Å². The smallest absolute Gasteiger partial charge is 0.226 e. The van der Waals surface area contributed by atoms with Crippen molar-refractivity contribution in [2.45, 2.75) is 18.9 Å². The summed E-state index contributed by atoms with van der Waals surface area (Å²) in [5.41, 5.74) is 1.28. The van der Waals surface area contributed by atoms with Crippen LogP contribution in [0.1, 0.15) is 23.5 Å². The lowest BCUT2D eigenvalue weighted by Gasteiger charge is -2.18. The highest BCUT2D eigenvalue weighted by Gasteiger charge is 2.45. The minimum absolute atomic E-state index is 0.0429. The van der Waals surface area contributed by atoms with Gasteiger partial charge < -0.3 is 4.90 Å². The van der Waals surface area contributed by atoms with E-state index in [9.17, 15) is 13.6 Å². The number of hydrogen-bond donors (Lipinski definition) is 0. The molecule has 0 spiro atoms. The Labute approximate surface area is 138 Å². The zero-order chi connectivity index (χ0) is 16.6. The molecule has 0 aliphatic heterocycles. The van der Waals surface area contributed by atoms with Crippen molar-refractivity contribution in [2.24, 2.45) is 5.92 Å². The maximum atomic E-state index is 13.7. The lowest BCUT2D eigenvalue weighted by atomic mass is 10.1. The zero-order valence-corrected chi connectivity index (χ0v) is 13.4. The van der Waals surface area contributed by atoms with Gasteiger partial charge in [0.05, 0.1) is 0 Å². The van der Waals surface area contributed by atoms with Crippen molar-refractivity contribution in [3.8, 4) is 0 Å². The molecule has 1 fully saturated rings. The van der Waals surface area contributed by atoms with E-state index in [4.69, 9.17) is 11.6 Å². The van der Waals surface area contributed by atoms with Gasteiger partial charge in [-0.2, -0.15) is 0 Å². The minimum atomic E-state index is -0.636. The van der Waals surface area contributed by atoms with Crippen LogP contribution in [0.4, 0.5) is 8.78 Å². The summed E-state index contributed by atoms with van der Waals surface area (Å²) in [4.78, 5) is 14.0. The molecule has 0 saturated heterocycles. The van der Waals surface area contributed by atoms with Gasteiger partial charge in [0.25, 0.3) is 0 Å². The second kappa shape index (κ2) is 6.28. The topological polar surface area (TPSA) is 20.3 Å². The third kappa shape index (κ3) is 3.37. The monoisotopic (exact) mass is 335 g/mol. The van der Waals surface area contributed by atoms with Gasteiger partial charge in [-0.05, 0) is 30.0 Å². The number of carbonyl (C=O) groups excluding carboxylic acids is 1. The molecule has 1 aliphatic rings. The minimum Gasteiger partial charge on any atom is -0.341 e. The molecule has 0 N–H and O–H groups in total. The summed E-state index contributed by atoms with van der Waals surface area (Å²) in [5.74, 6) is -1.30. The molecule has 3 rings (SSSR count). The van der Waals surface area contributed by atoms with Crippen LogP contribution >= 0.6 is 11.6 Å². The van der Waals surface area contributed by atoms with E-state index in [-0.39, 0.29) is 24.3 Å². The van der Waals surface area contributed by atoms with Gasteiger partial charge in [0.2, 0.25) is 5.91 Å². The van der Waals surface area contributed by atoms with Crippen LogP contribution in [-0.4, -0.2) is 17.9 Å². The molecule has 120 valence electrons. The number of rotatable bonds is 4. The number of hydrogen-bond acceptors (Lipinski definition) is 1. The predicted molar refractivity (Wildman–Crippen MR) is 85.1 cm³/mol. The summed E-state index contributed by atoms with van der Waals surface area (Å²) in [6.45, 7) is 0.122. The van der Waals surface area contributed by atoms with E-state index in [0.29, 0.717) is 10.6 Å². The van der Waals surface area contributed by atoms with Gasteiger partial charge in [-0.15, -0.1) is 0 Å². The molecule has 2 unspecified atom stereocenters. The summed E-state index contributed by atoms with van der Waals surface area (Å²) in [6.07, 6.45) is 0.749. The van der Waals surface area contributed by atoms with E-state index in [0.717, 1.165) is 18.1 Å². The first-order valence-electron chi connectivity index (χ1n) is 7.40. The van der Waals surface area contributed by atoms with E-state index in [1.165, 1.54) is 17.0 Å². The SMILES string of the molecule is CN(Cc1ccc(F)cc1F)C(=O)C1CC1c1ccccc1Cl. The number of carbonyl (C=O) groups is 1. The molecule has 1 aliphatic carbocycles. The molecule has 0 heterocycles. The molecule has 23 heavy (non-hydrogen) atoms. The molecule has 1 saturated carbocycles. The fourth-order valence-electron chi connectivity index (χ4n) is 2.85. The quantitative estimate of drug-likeness (QED) is 0.812. The Kier molecular flexibility index (Phi) is 4.35. The molecule has 1 amide bonds. The van der Waals surface area contributed by atoms with Crippen molar-refractivity contribution in [3.63, 3.8) is 0 Å². The van der Waals surface area contributed by atoms with E-state index in [2.05, 4.69) is 0 Å². The number of nitrogens with zero attached hydrogens (tertiary/aromatic N) is 1. The van der Waals surface area contributed by atoms with Crippen LogP contribution in [0.5, 0.6) is 0 Å². The van der Waals surface area contributed by atoms with Gasteiger partial charge in [0, 0.05) is 36.2 Å². The molecule has 2 nitrogen and oxygen atoms in total. The molecule has 2 aromatic rings. The summed E-state index contributed by atoms with van der Waals surface area (Å²) >= 11 is 6.16. The molecule has 0 radical (unpaired) electrons. The van der Waals surface area contributed by atoms with Gasteiger partial charge >= 0.3 is 0 Å². The van der Waals surface area contributed by atoms with Gasteiger partial charge in [-0.3, -0.25) is 4.79 Å². The summed E-state index contributed by atoms with van der Waals surface area (Å²) < 4.78 is 26.6. The Morgan fingerprint density at radius 2 is 2.00 bits per heavy atom. The first-order chi connectivity index (χ1) is 11.0. The maximum Gasteiger partial charge on any atom is 0.226 e. The van der Waals surface area contributed by atoms with Crippen LogP contribution < -0.4 is 0 Å². The number of amides is 1. The van der Waals surface area contributed by atoms with Gasteiger partial charge in [-0.1, -0.05) is 35.9 Å². The van der Waals surface area contributed by atoms with E-state index in [1.54, 1.807) is 7.05 Å². The van der Waals surface area contributed by atoms with E-state index < -0.39 is 11.6 Å². The van der Waals surface area contributed by atoms with Gasteiger partial charge in [0.15, 0.2) is 0 Å². The molecule has 0 bridgehead atoms. The van der Waals surface area contributed by atoms with Crippen LogP contribution in [0.25, 0.3) is 0 Å². The van der Waals surface area contributed by atoms with Crippen molar-refractivity contribution in [1.29, 1.82) is 0 Å². The first-order valence-corrected chi connectivity index (χ1v) is 7.78. The predicted octanol–water partition coefficient (Wildman–Crippen LogP) is 4.38. The van der Waals surface area contributed by atoms with Crippen molar-refractivity contribution in [3.05, 3.63) is 70.2 Å². The van der Waals surface area contributed by atoms with Gasteiger partial charge in [0.1, 0.15) is 11.6 Å². The highest BCUT2D eigenvalue weighted by atomic mass is 35.5. The standard InChI is InChI=1S/C18H16ClF2NO/c1-22(10-11-6-7-12(20)8-17(11)21)18(23)15-9-14(15)13-4-2-3-5-16(13)19/h2-8,14-15H,9-10H2,1H3. The fraction of sp³-hybridized carbons (Fsp3) is 0.278. The molecule has 2 aromatic carbocycles. The second-order valence-electron chi connectivity index (χ2n) is 5.90. The fourth-order valence-corrected chi connectivity index (χ4v) is 3.13. The lowest BCUT2D eigenvalue weighted by Crippen LogP contribution is -2.28. The second-order valence-corrected chi connectivity index (χ2v) is 6.31. The van der Waals surface area contributed by atoms with Crippen LogP contribution in [0.3, 0.4) is 0 Å². The van der Waals surface area contributed by atoms with Crippen LogP contribution in [0.15, 0.2) is 42.5 Å². The van der Waals surface area contributed by atoms with Gasteiger partial charge in [-0.25, -0.2) is 8.78 Å². The van der Waals surface area contributed by atoms with Crippen molar-refractivity contribution >= 4 is 17.5 Å². The first kappa shape index (κ1) is 15.9. The molecular weight excluding hydrogens is 320 g/mol. The van der Waals surface area contributed by atoms with Crippen molar-refractivity contribution in [2.75, 3.05) is 7.05 Å². The highest BCUT2D eigenvalue weighted by molar-refractivity contribution is 6.31. The molecule has 2 atom stereocenters. The third-order valence-electron chi connectivity index (χ3n) is 4.21.